The fourth-order valence-electron chi connectivity index (χ4n) is 1.96. The molecule has 0 bridgehead atoms. The van der Waals surface area contributed by atoms with E-state index in [0.717, 1.165) is 12.0 Å². The van der Waals surface area contributed by atoms with Crippen LogP contribution in [0, 0.1) is 5.82 Å². The number of ether oxygens (including phenoxy) is 1. The van der Waals surface area contributed by atoms with Crippen molar-refractivity contribution in [3.8, 4) is 5.75 Å². The Hall–Kier alpha value is -1.58. The van der Waals surface area contributed by atoms with Gasteiger partial charge in [-0.05, 0) is 24.6 Å². The van der Waals surface area contributed by atoms with Gasteiger partial charge in [0.15, 0.2) is 0 Å². The molecule has 2 N–H and O–H groups in total. The van der Waals surface area contributed by atoms with Crippen LogP contribution in [0.1, 0.15) is 30.5 Å². The van der Waals surface area contributed by atoms with Gasteiger partial charge in [0.2, 0.25) is 0 Å². The minimum Gasteiger partial charge on any atom is -0.488 e. The van der Waals surface area contributed by atoms with E-state index in [2.05, 4.69) is 0 Å². The Morgan fingerprint density at radius 1 is 1.20 bits per heavy atom. The van der Waals surface area contributed by atoms with Crippen molar-refractivity contribution < 1.29 is 9.13 Å². The maximum atomic E-state index is 13.7. The molecular weight excluding hydrogens is 277 g/mol. The van der Waals surface area contributed by atoms with Crippen LogP contribution in [-0.4, -0.2) is 0 Å². The van der Waals surface area contributed by atoms with Crippen LogP contribution in [0.25, 0.3) is 0 Å². The molecule has 0 radical (unpaired) electrons. The van der Waals surface area contributed by atoms with Crippen molar-refractivity contribution in [2.45, 2.75) is 26.0 Å². The van der Waals surface area contributed by atoms with Crippen LogP contribution in [-0.2, 0) is 6.61 Å². The third-order valence-electron chi connectivity index (χ3n) is 3.19. The predicted molar refractivity (Wildman–Crippen MR) is 79.4 cm³/mol. The summed E-state index contributed by atoms with van der Waals surface area (Å²) >= 11 is 5.98. The Bertz CT molecular complexity index is 568. The molecule has 4 heteroatoms. The molecule has 2 aromatic carbocycles. The standard InChI is InChI=1S/C16H17ClFNO/c1-2-15(19)11-6-3-4-9-16(11)20-10-12-13(17)7-5-8-14(12)18/h3-9,15H,2,10,19H2,1H3/t15-/m0/s1. The number of halogens is 2. The van der Waals surface area contributed by atoms with Gasteiger partial charge in [-0.3, -0.25) is 0 Å². The summed E-state index contributed by atoms with van der Waals surface area (Å²) in [5.41, 5.74) is 7.32. The lowest BCUT2D eigenvalue weighted by molar-refractivity contribution is 0.295. The molecule has 0 spiro atoms. The summed E-state index contributed by atoms with van der Waals surface area (Å²) in [6.07, 6.45) is 0.806. The molecule has 106 valence electrons. The number of nitrogens with two attached hydrogens (primary N) is 1. The highest BCUT2D eigenvalue weighted by Crippen LogP contribution is 2.27. The Morgan fingerprint density at radius 2 is 1.95 bits per heavy atom. The molecule has 2 aromatic rings. The van der Waals surface area contributed by atoms with E-state index in [1.165, 1.54) is 6.07 Å². The van der Waals surface area contributed by atoms with Gasteiger partial charge in [-0.2, -0.15) is 0 Å². The molecule has 0 aliphatic rings. The molecule has 0 aromatic heterocycles. The fourth-order valence-corrected chi connectivity index (χ4v) is 2.18. The van der Waals surface area contributed by atoms with Crippen molar-refractivity contribution in [1.82, 2.24) is 0 Å². The minimum atomic E-state index is -0.366. The van der Waals surface area contributed by atoms with Crippen molar-refractivity contribution in [1.29, 1.82) is 0 Å². The highest BCUT2D eigenvalue weighted by Gasteiger charge is 2.12. The van der Waals surface area contributed by atoms with E-state index in [-0.39, 0.29) is 18.5 Å². The molecule has 2 nitrogen and oxygen atoms in total. The summed E-state index contributed by atoms with van der Waals surface area (Å²) in [6, 6.07) is 12.0. The molecule has 1 atom stereocenters. The average molecular weight is 294 g/mol. The third-order valence-corrected chi connectivity index (χ3v) is 3.55. The number of rotatable bonds is 5. The van der Waals surface area contributed by atoms with Crippen LogP contribution in [0.5, 0.6) is 5.75 Å². The zero-order valence-electron chi connectivity index (χ0n) is 11.3. The Morgan fingerprint density at radius 3 is 2.65 bits per heavy atom. The first-order valence-corrected chi connectivity index (χ1v) is 6.91. The van der Waals surface area contributed by atoms with E-state index in [4.69, 9.17) is 22.1 Å². The molecule has 0 unspecified atom stereocenters. The first kappa shape index (κ1) is 14.8. The molecule has 0 amide bonds. The van der Waals surface area contributed by atoms with Crippen LogP contribution < -0.4 is 10.5 Å². The largest absolute Gasteiger partial charge is 0.488 e. The second-order valence-corrected chi connectivity index (χ2v) is 4.95. The smallest absolute Gasteiger partial charge is 0.131 e. The van der Waals surface area contributed by atoms with E-state index >= 15 is 0 Å². The van der Waals surface area contributed by atoms with Gasteiger partial charge in [0.1, 0.15) is 18.2 Å². The highest BCUT2D eigenvalue weighted by molar-refractivity contribution is 6.31. The molecule has 20 heavy (non-hydrogen) atoms. The number of hydrogen-bond donors (Lipinski definition) is 1. The van der Waals surface area contributed by atoms with Crippen LogP contribution in [0.2, 0.25) is 5.02 Å². The highest BCUT2D eigenvalue weighted by atomic mass is 35.5. The van der Waals surface area contributed by atoms with E-state index in [1.807, 2.05) is 31.2 Å². The van der Waals surface area contributed by atoms with Crippen molar-refractivity contribution >= 4 is 11.6 Å². The average Bonchev–Trinajstić information content (AvgIpc) is 2.46. The SMILES string of the molecule is CC[C@H](N)c1ccccc1OCc1c(F)cccc1Cl. The lowest BCUT2D eigenvalue weighted by Gasteiger charge is -2.16. The van der Waals surface area contributed by atoms with Crippen molar-refractivity contribution in [2.75, 3.05) is 0 Å². The summed E-state index contributed by atoms with van der Waals surface area (Å²) in [7, 11) is 0. The number of benzene rings is 2. The summed E-state index contributed by atoms with van der Waals surface area (Å²) < 4.78 is 19.4. The molecule has 0 saturated carbocycles. The molecule has 0 saturated heterocycles. The Kier molecular flexibility index (Phi) is 4.99. The Balaban J connectivity index is 2.19. The van der Waals surface area contributed by atoms with Gasteiger partial charge >= 0.3 is 0 Å². The zero-order chi connectivity index (χ0) is 14.5. The summed E-state index contributed by atoms with van der Waals surface area (Å²) in [5, 5.41) is 0.363. The maximum absolute atomic E-state index is 13.7. The summed E-state index contributed by atoms with van der Waals surface area (Å²) in [4.78, 5) is 0. The summed E-state index contributed by atoms with van der Waals surface area (Å²) in [6.45, 7) is 2.09. The second-order valence-electron chi connectivity index (χ2n) is 4.54. The van der Waals surface area contributed by atoms with Gasteiger partial charge in [0, 0.05) is 17.2 Å². The monoisotopic (exact) mass is 293 g/mol. The molecule has 0 aliphatic heterocycles. The summed E-state index contributed by atoms with van der Waals surface area (Å²) in [5.74, 6) is 0.302. The van der Waals surface area contributed by atoms with Gasteiger partial charge in [0.05, 0.1) is 5.02 Å². The van der Waals surface area contributed by atoms with Gasteiger partial charge < -0.3 is 10.5 Å². The first-order valence-electron chi connectivity index (χ1n) is 6.53. The van der Waals surface area contributed by atoms with Crippen LogP contribution in [0.4, 0.5) is 4.39 Å². The Labute approximate surface area is 123 Å². The van der Waals surface area contributed by atoms with Crippen LogP contribution in [0.3, 0.4) is 0 Å². The van der Waals surface area contributed by atoms with E-state index in [9.17, 15) is 4.39 Å². The second kappa shape index (κ2) is 6.73. The topological polar surface area (TPSA) is 35.2 Å². The number of hydrogen-bond acceptors (Lipinski definition) is 2. The van der Waals surface area contributed by atoms with Crippen molar-refractivity contribution in [2.24, 2.45) is 5.73 Å². The van der Waals surface area contributed by atoms with E-state index < -0.39 is 0 Å². The molecule has 0 heterocycles. The first-order chi connectivity index (χ1) is 9.63. The van der Waals surface area contributed by atoms with Crippen LogP contribution in [0.15, 0.2) is 42.5 Å². The number of para-hydroxylation sites is 1. The quantitative estimate of drug-likeness (QED) is 0.883. The fraction of sp³-hybridized carbons (Fsp3) is 0.250. The molecular formula is C16H17ClFNO. The van der Waals surface area contributed by atoms with Gasteiger partial charge in [-0.15, -0.1) is 0 Å². The minimum absolute atomic E-state index is 0.0823. The maximum Gasteiger partial charge on any atom is 0.131 e. The predicted octanol–water partition coefficient (Wildman–Crippen LogP) is 4.47. The molecule has 0 aliphatic carbocycles. The van der Waals surface area contributed by atoms with E-state index in [1.54, 1.807) is 12.1 Å². The van der Waals surface area contributed by atoms with Crippen LogP contribution >= 0.6 is 11.6 Å². The van der Waals surface area contributed by atoms with Crippen molar-refractivity contribution in [3.05, 3.63) is 64.4 Å². The lowest BCUT2D eigenvalue weighted by Crippen LogP contribution is -2.11. The van der Waals surface area contributed by atoms with Gasteiger partial charge in [-0.1, -0.05) is 42.8 Å². The third kappa shape index (κ3) is 3.30. The zero-order valence-corrected chi connectivity index (χ0v) is 12.0. The van der Waals surface area contributed by atoms with Gasteiger partial charge in [0.25, 0.3) is 0 Å². The molecule has 2 rings (SSSR count). The van der Waals surface area contributed by atoms with E-state index in [0.29, 0.717) is 16.3 Å². The van der Waals surface area contributed by atoms with Crippen molar-refractivity contribution in [3.63, 3.8) is 0 Å². The lowest BCUT2D eigenvalue weighted by atomic mass is 10.0. The van der Waals surface area contributed by atoms with Gasteiger partial charge in [-0.25, -0.2) is 4.39 Å². The molecule has 0 fully saturated rings. The normalized spacial score (nSPS) is 12.2.